The number of piperidine rings is 1. The van der Waals surface area contributed by atoms with Crippen LogP contribution in [0, 0.1) is 6.92 Å². The highest BCUT2D eigenvalue weighted by molar-refractivity contribution is 5.90. The lowest BCUT2D eigenvalue weighted by molar-refractivity contribution is 0.0699. The fourth-order valence-electron chi connectivity index (χ4n) is 3.27. The summed E-state index contributed by atoms with van der Waals surface area (Å²) in [6.45, 7) is 3.29. The second-order valence-electron chi connectivity index (χ2n) is 6.19. The van der Waals surface area contributed by atoms with Crippen LogP contribution in [0.15, 0.2) is 23.0 Å². The SMILES string of the molecule is Cc1cccc2[nH]c(C3CCN(C(=O)c4n[nH]c(=O)[nH]4)CC3)nc12. The highest BCUT2D eigenvalue weighted by atomic mass is 16.2. The molecule has 3 N–H and O–H groups in total. The Morgan fingerprint density at radius 2 is 2.04 bits per heavy atom. The van der Waals surface area contributed by atoms with E-state index >= 15 is 0 Å². The van der Waals surface area contributed by atoms with Gasteiger partial charge in [0.2, 0.25) is 5.82 Å². The number of carbonyl (C=O) groups is 1. The third kappa shape index (κ3) is 2.49. The van der Waals surface area contributed by atoms with Gasteiger partial charge in [0.25, 0.3) is 5.91 Å². The van der Waals surface area contributed by atoms with Gasteiger partial charge in [0, 0.05) is 19.0 Å². The summed E-state index contributed by atoms with van der Waals surface area (Å²) in [5.41, 5.74) is 2.76. The van der Waals surface area contributed by atoms with Gasteiger partial charge in [-0.1, -0.05) is 12.1 Å². The molecule has 1 aromatic carbocycles. The fraction of sp³-hybridized carbons (Fsp3) is 0.375. The predicted molar refractivity (Wildman–Crippen MR) is 87.9 cm³/mol. The van der Waals surface area contributed by atoms with Gasteiger partial charge < -0.3 is 9.88 Å². The van der Waals surface area contributed by atoms with Crippen molar-refractivity contribution in [1.82, 2.24) is 30.0 Å². The number of nitrogens with zero attached hydrogens (tertiary/aromatic N) is 3. The first kappa shape index (κ1) is 14.7. The molecule has 0 aliphatic carbocycles. The summed E-state index contributed by atoms with van der Waals surface area (Å²) in [5.74, 6) is 1.11. The van der Waals surface area contributed by atoms with Crippen molar-refractivity contribution in [2.45, 2.75) is 25.7 Å². The van der Waals surface area contributed by atoms with Gasteiger partial charge in [0.1, 0.15) is 5.82 Å². The molecule has 3 aromatic rings. The Labute approximate surface area is 137 Å². The van der Waals surface area contributed by atoms with E-state index in [9.17, 15) is 9.59 Å². The lowest BCUT2D eigenvalue weighted by Gasteiger charge is -2.30. The van der Waals surface area contributed by atoms with Crippen molar-refractivity contribution in [2.24, 2.45) is 0 Å². The molecule has 0 spiro atoms. The molecule has 0 unspecified atom stereocenters. The summed E-state index contributed by atoms with van der Waals surface area (Å²) < 4.78 is 0. The number of aromatic nitrogens is 5. The van der Waals surface area contributed by atoms with Crippen molar-refractivity contribution >= 4 is 16.9 Å². The van der Waals surface area contributed by atoms with E-state index in [0.717, 1.165) is 35.3 Å². The number of amides is 1. The summed E-state index contributed by atoms with van der Waals surface area (Å²) >= 11 is 0. The van der Waals surface area contributed by atoms with Gasteiger partial charge in [-0.3, -0.25) is 9.78 Å². The predicted octanol–water partition coefficient (Wildman–Crippen LogP) is 1.30. The quantitative estimate of drug-likeness (QED) is 0.659. The summed E-state index contributed by atoms with van der Waals surface area (Å²) in [5, 5.41) is 5.92. The third-order valence-electron chi connectivity index (χ3n) is 4.61. The maximum absolute atomic E-state index is 12.3. The second-order valence-corrected chi connectivity index (χ2v) is 6.19. The molecule has 0 bridgehead atoms. The van der Waals surface area contributed by atoms with Crippen LogP contribution in [0.5, 0.6) is 0 Å². The maximum Gasteiger partial charge on any atom is 0.341 e. The number of imidazole rings is 1. The Hall–Kier alpha value is -2.90. The zero-order chi connectivity index (χ0) is 16.7. The Bertz CT molecular complexity index is 945. The first-order chi connectivity index (χ1) is 11.6. The minimum Gasteiger partial charge on any atom is -0.342 e. The summed E-state index contributed by atoms with van der Waals surface area (Å²) in [6.07, 6.45) is 1.67. The monoisotopic (exact) mass is 326 g/mol. The van der Waals surface area contributed by atoms with Crippen LogP contribution in [-0.4, -0.2) is 49.0 Å². The Morgan fingerprint density at radius 1 is 1.25 bits per heavy atom. The van der Waals surface area contributed by atoms with Gasteiger partial charge in [-0.05, 0) is 31.4 Å². The van der Waals surface area contributed by atoms with E-state index in [0.29, 0.717) is 19.0 Å². The molecular weight excluding hydrogens is 308 g/mol. The molecule has 1 aliphatic rings. The van der Waals surface area contributed by atoms with E-state index in [1.54, 1.807) is 4.90 Å². The van der Waals surface area contributed by atoms with Crippen LogP contribution < -0.4 is 5.69 Å². The zero-order valence-electron chi connectivity index (χ0n) is 13.3. The molecule has 1 saturated heterocycles. The molecular formula is C16H18N6O2. The van der Waals surface area contributed by atoms with Crippen molar-refractivity contribution in [3.63, 3.8) is 0 Å². The van der Waals surface area contributed by atoms with Gasteiger partial charge in [-0.2, -0.15) is 0 Å². The van der Waals surface area contributed by atoms with E-state index in [2.05, 4.69) is 33.2 Å². The Morgan fingerprint density at radius 3 is 2.71 bits per heavy atom. The number of aromatic amines is 3. The third-order valence-corrected chi connectivity index (χ3v) is 4.61. The summed E-state index contributed by atoms with van der Waals surface area (Å²) in [4.78, 5) is 35.6. The van der Waals surface area contributed by atoms with Crippen LogP contribution in [0.2, 0.25) is 0 Å². The molecule has 1 aliphatic heterocycles. The van der Waals surface area contributed by atoms with Gasteiger partial charge in [-0.15, -0.1) is 5.10 Å². The smallest absolute Gasteiger partial charge is 0.341 e. The lowest BCUT2D eigenvalue weighted by atomic mass is 9.96. The number of carbonyl (C=O) groups excluding carboxylic acids is 1. The number of benzene rings is 1. The van der Waals surface area contributed by atoms with Crippen LogP contribution in [0.4, 0.5) is 0 Å². The van der Waals surface area contributed by atoms with E-state index in [4.69, 9.17) is 4.98 Å². The molecule has 2 aromatic heterocycles. The lowest BCUT2D eigenvalue weighted by Crippen LogP contribution is -2.38. The molecule has 24 heavy (non-hydrogen) atoms. The Kier molecular flexibility index (Phi) is 3.44. The number of rotatable bonds is 2. The number of H-pyrrole nitrogens is 3. The number of para-hydroxylation sites is 1. The Balaban J connectivity index is 1.48. The van der Waals surface area contributed by atoms with E-state index in [1.807, 2.05) is 12.1 Å². The van der Waals surface area contributed by atoms with E-state index in [1.165, 1.54) is 0 Å². The largest absolute Gasteiger partial charge is 0.342 e. The fourth-order valence-corrected chi connectivity index (χ4v) is 3.27. The minimum absolute atomic E-state index is 0.0674. The number of fused-ring (bicyclic) bond motifs is 1. The molecule has 1 amide bonds. The second kappa shape index (κ2) is 5.63. The van der Waals surface area contributed by atoms with Crippen LogP contribution in [0.1, 0.15) is 40.8 Å². The van der Waals surface area contributed by atoms with Gasteiger partial charge in [0.05, 0.1) is 11.0 Å². The molecule has 1 fully saturated rings. The molecule has 4 rings (SSSR count). The maximum atomic E-state index is 12.3. The van der Waals surface area contributed by atoms with Crippen molar-refractivity contribution in [1.29, 1.82) is 0 Å². The highest BCUT2D eigenvalue weighted by Gasteiger charge is 2.27. The number of likely N-dealkylation sites (tertiary alicyclic amines) is 1. The molecule has 8 nitrogen and oxygen atoms in total. The van der Waals surface area contributed by atoms with Crippen LogP contribution in [0.3, 0.4) is 0 Å². The summed E-state index contributed by atoms with van der Waals surface area (Å²) in [7, 11) is 0. The number of hydrogen-bond acceptors (Lipinski definition) is 4. The van der Waals surface area contributed by atoms with Crippen molar-refractivity contribution in [3.8, 4) is 0 Å². The molecule has 0 atom stereocenters. The number of aryl methyl sites for hydroxylation is 1. The van der Waals surface area contributed by atoms with Crippen molar-refractivity contribution in [3.05, 3.63) is 45.9 Å². The van der Waals surface area contributed by atoms with Crippen LogP contribution in [0.25, 0.3) is 11.0 Å². The molecule has 3 heterocycles. The standard InChI is InChI=1S/C16H18N6O2/c1-9-3-2-4-11-12(9)18-13(17-11)10-5-7-22(8-6-10)15(23)14-19-16(24)21-20-14/h2-4,10H,5-8H2,1H3,(H,17,18)(H2,19,20,21,24). The molecule has 0 radical (unpaired) electrons. The normalized spacial score (nSPS) is 16.0. The van der Waals surface area contributed by atoms with Crippen LogP contribution in [-0.2, 0) is 0 Å². The molecule has 0 saturated carbocycles. The van der Waals surface area contributed by atoms with Crippen molar-refractivity contribution < 1.29 is 4.79 Å². The van der Waals surface area contributed by atoms with E-state index in [-0.39, 0.29) is 11.7 Å². The van der Waals surface area contributed by atoms with Crippen molar-refractivity contribution in [2.75, 3.05) is 13.1 Å². The van der Waals surface area contributed by atoms with Gasteiger partial charge in [-0.25, -0.2) is 14.9 Å². The molecule has 124 valence electrons. The van der Waals surface area contributed by atoms with E-state index < -0.39 is 5.69 Å². The molecule has 8 heteroatoms. The van der Waals surface area contributed by atoms with Crippen LogP contribution >= 0.6 is 0 Å². The van der Waals surface area contributed by atoms with Gasteiger partial charge in [0.15, 0.2) is 0 Å². The average molecular weight is 326 g/mol. The minimum atomic E-state index is -0.467. The average Bonchev–Trinajstić information content (AvgIpc) is 3.21. The highest BCUT2D eigenvalue weighted by Crippen LogP contribution is 2.28. The first-order valence-electron chi connectivity index (χ1n) is 8.01. The zero-order valence-corrected chi connectivity index (χ0v) is 13.3. The number of hydrogen-bond donors (Lipinski definition) is 3. The first-order valence-corrected chi connectivity index (χ1v) is 8.01. The number of nitrogens with one attached hydrogen (secondary N) is 3. The van der Waals surface area contributed by atoms with Gasteiger partial charge >= 0.3 is 5.69 Å². The topological polar surface area (TPSA) is 111 Å². The summed E-state index contributed by atoms with van der Waals surface area (Å²) in [6, 6.07) is 6.11.